The van der Waals surface area contributed by atoms with Gasteiger partial charge in [-0.1, -0.05) is 32.8 Å². The third-order valence-corrected chi connectivity index (χ3v) is 9.28. The van der Waals surface area contributed by atoms with Gasteiger partial charge in [-0.3, -0.25) is 9.59 Å². The topological polar surface area (TPSA) is 80.7 Å². The maximum Gasteiger partial charge on any atom is 0.374 e. The molecule has 31 heavy (non-hydrogen) atoms. The molecule has 0 heterocycles. The summed E-state index contributed by atoms with van der Waals surface area (Å²) in [6.45, 7) is 8.73. The van der Waals surface area contributed by atoms with Gasteiger partial charge < -0.3 is 9.84 Å². The molecule has 0 aromatic rings. The van der Waals surface area contributed by atoms with Crippen molar-refractivity contribution in [3.63, 3.8) is 0 Å². The van der Waals surface area contributed by atoms with Crippen molar-refractivity contribution in [3.8, 4) is 0 Å². The van der Waals surface area contributed by atoms with Crippen LogP contribution in [-0.2, 0) is 19.1 Å². The number of hydrogen-bond acceptors (Lipinski definition) is 5. The lowest BCUT2D eigenvalue weighted by molar-refractivity contribution is -0.159. The third-order valence-electron chi connectivity index (χ3n) is 9.28. The van der Waals surface area contributed by atoms with E-state index in [1.807, 2.05) is 6.92 Å². The average molecular weight is 429 g/mol. The van der Waals surface area contributed by atoms with Gasteiger partial charge in [0.1, 0.15) is 5.76 Å². The Morgan fingerprint density at radius 1 is 1.19 bits per heavy atom. The summed E-state index contributed by atoms with van der Waals surface area (Å²) in [4.78, 5) is 37.7. The second-order valence-electron chi connectivity index (χ2n) is 10.8. The van der Waals surface area contributed by atoms with Gasteiger partial charge in [0, 0.05) is 17.4 Å². The maximum absolute atomic E-state index is 13.2. The minimum Gasteiger partial charge on any atom is -0.511 e. The number of rotatable bonds is 5. The van der Waals surface area contributed by atoms with Crippen LogP contribution in [0.3, 0.4) is 0 Å². The Balaban J connectivity index is 1.59. The van der Waals surface area contributed by atoms with E-state index in [0.717, 1.165) is 50.5 Å². The Morgan fingerprint density at radius 3 is 2.65 bits per heavy atom. The van der Waals surface area contributed by atoms with E-state index in [0.29, 0.717) is 18.4 Å². The number of aliphatic hydroxyl groups excluding tert-OH is 1. The number of unbranched alkanes of at least 4 members (excludes halogenated alkanes) is 1. The molecule has 0 aliphatic heterocycles. The highest BCUT2D eigenvalue weighted by Gasteiger charge is 2.63. The number of carbonyl (C=O) groups is 3. The summed E-state index contributed by atoms with van der Waals surface area (Å²) in [6, 6.07) is 0. The molecule has 0 spiro atoms. The molecule has 0 unspecified atom stereocenters. The van der Waals surface area contributed by atoms with Gasteiger partial charge in [-0.05, 0) is 80.6 Å². The second-order valence-corrected chi connectivity index (χ2v) is 10.8. The summed E-state index contributed by atoms with van der Waals surface area (Å²) in [7, 11) is 0. The van der Waals surface area contributed by atoms with E-state index in [-0.39, 0.29) is 40.5 Å². The van der Waals surface area contributed by atoms with Crippen molar-refractivity contribution in [3.05, 3.63) is 23.5 Å². The summed E-state index contributed by atoms with van der Waals surface area (Å²) in [5.74, 6) is -0.119. The molecule has 5 nitrogen and oxygen atoms in total. The molecule has 4 aliphatic carbocycles. The first-order chi connectivity index (χ1) is 14.6. The van der Waals surface area contributed by atoms with Crippen molar-refractivity contribution in [1.82, 2.24) is 0 Å². The smallest absolute Gasteiger partial charge is 0.374 e. The van der Waals surface area contributed by atoms with E-state index in [2.05, 4.69) is 20.8 Å². The zero-order chi connectivity index (χ0) is 22.6. The number of aliphatic hydroxyl groups is 1. The molecule has 0 amide bonds. The zero-order valence-corrected chi connectivity index (χ0v) is 19.3. The molecule has 1 N–H and O–H groups in total. The molecule has 0 bridgehead atoms. The highest BCUT2D eigenvalue weighted by molar-refractivity contribution is 6.34. The van der Waals surface area contributed by atoms with E-state index < -0.39 is 11.4 Å². The molecule has 4 rings (SSSR count). The molecule has 170 valence electrons. The lowest BCUT2D eigenvalue weighted by Gasteiger charge is -2.57. The van der Waals surface area contributed by atoms with Crippen LogP contribution in [0.25, 0.3) is 0 Å². The highest BCUT2D eigenvalue weighted by Crippen LogP contribution is 2.67. The van der Waals surface area contributed by atoms with Crippen LogP contribution >= 0.6 is 0 Å². The van der Waals surface area contributed by atoms with Crippen LogP contribution in [0.15, 0.2) is 23.5 Å². The van der Waals surface area contributed by atoms with Crippen LogP contribution < -0.4 is 0 Å². The number of allylic oxidation sites excluding steroid dienone is 3. The summed E-state index contributed by atoms with van der Waals surface area (Å²) in [5.41, 5.74) is 0.353. The first kappa shape index (κ1) is 22.3. The van der Waals surface area contributed by atoms with Crippen molar-refractivity contribution >= 4 is 17.5 Å². The first-order valence-corrected chi connectivity index (χ1v) is 12.0. The van der Waals surface area contributed by atoms with Crippen LogP contribution in [0.1, 0.15) is 72.6 Å². The number of ether oxygens (including phenoxy) is 1. The van der Waals surface area contributed by atoms with Gasteiger partial charge in [-0.25, -0.2) is 4.79 Å². The molecule has 3 saturated carbocycles. The lowest BCUT2D eigenvalue weighted by Crippen LogP contribution is -2.52. The van der Waals surface area contributed by atoms with Crippen LogP contribution in [0.5, 0.6) is 0 Å². The molecular formula is C26H36O5. The predicted octanol–water partition coefficient (Wildman–Crippen LogP) is 4.95. The van der Waals surface area contributed by atoms with Gasteiger partial charge >= 0.3 is 5.97 Å². The Morgan fingerprint density at radius 2 is 1.94 bits per heavy atom. The summed E-state index contributed by atoms with van der Waals surface area (Å²) in [6.07, 6.45) is 9.25. The van der Waals surface area contributed by atoms with Gasteiger partial charge in [0.05, 0.1) is 6.61 Å². The van der Waals surface area contributed by atoms with Crippen LogP contribution in [-0.4, -0.2) is 29.2 Å². The number of esters is 1. The van der Waals surface area contributed by atoms with Gasteiger partial charge in [-0.2, -0.15) is 0 Å². The van der Waals surface area contributed by atoms with Gasteiger partial charge in [0.15, 0.2) is 5.78 Å². The second kappa shape index (κ2) is 7.90. The van der Waals surface area contributed by atoms with Gasteiger partial charge in [0.2, 0.25) is 5.78 Å². The van der Waals surface area contributed by atoms with E-state index in [9.17, 15) is 19.5 Å². The Hall–Kier alpha value is -1.91. The van der Waals surface area contributed by atoms with Crippen LogP contribution in [0.2, 0.25) is 0 Å². The molecule has 0 aromatic carbocycles. The van der Waals surface area contributed by atoms with Crippen molar-refractivity contribution in [1.29, 1.82) is 0 Å². The number of fused-ring (bicyclic) bond motifs is 5. The Labute approximate surface area is 185 Å². The summed E-state index contributed by atoms with van der Waals surface area (Å²) >= 11 is 0. The fourth-order valence-corrected chi connectivity index (χ4v) is 7.73. The first-order valence-electron chi connectivity index (χ1n) is 12.0. The molecule has 5 heteroatoms. The zero-order valence-electron chi connectivity index (χ0n) is 19.3. The minimum absolute atomic E-state index is 0.120. The SMILES string of the molecule is CCCCOC(=O)C(=O)[C@H]1[C@H](C)C[C@H]2[C@@H]3CCC4=CC(=O)C=C(O)[C@]4(C)[C@H]3CC[C@@]21C. The van der Waals surface area contributed by atoms with Crippen LogP contribution in [0, 0.1) is 40.4 Å². The largest absolute Gasteiger partial charge is 0.511 e. The standard InChI is InChI=1S/C26H36O5/c1-5-6-11-31-24(30)23(29)22-15(2)12-20-18-8-7-16-13-17(27)14-21(28)26(16,4)19(18)9-10-25(20,22)3/h13-15,18-20,22,28H,5-12H2,1-4H3/t15-,18-,19+,20+,22-,25+,26+/m1/s1. The Kier molecular flexibility index (Phi) is 5.68. The number of Topliss-reactive ketones (excluding diaryl/α,β-unsaturated/α-hetero) is 1. The third kappa shape index (κ3) is 3.30. The quantitative estimate of drug-likeness (QED) is 0.380. The van der Waals surface area contributed by atoms with E-state index in [4.69, 9.17) is 4.74 Å². The minimum atomic E-state index is -0.665. The Bertz CT molecular complexity index is 854. The number of carbonyl (C=O) groups excluding carboxylic acids is 3. The fraction of sp³-hybridized carbons (Fsp3) is 0.731. The van der Waals surface area contributed by atoms with E-state index >= 15 is 0 Å². The number of hydrogen-bond donors (Lipinski definition) is 1. The van der Waals surface area contributed by atoms with E-state index in [1.165, 1.54) is 6.08 Å². The number of ketones is 2. The molecule has 0 saturated heterocycles. The summed E-state index contributed by atoms with van der Waals surface area (Å²) < 4.78 is 5.28. The maximum atomic E-state index is 13.2. The normalized spacial score (nSPS) is 41.4. The van der Waals surface area contributed by atoms with Crippen LogP contribution in [0.4, 0.5) is 0 Å². The van der Waals surface area contributed by atoms with Crippen molar-refractivity contribution in [2.75, 3.05) is 6.61 Å². The van der Waals surface area contributed by atoms with Gasteiger partial charge in [0.25, 0.3) is 0 Å². The lowest BCUT2D eigenvalue weighted by atomic mass is 9.47. The monoisotopic (exact) mass is 428 g/mol. The van der Waals surface area contributed by atoms with Gasteiger partial charge in [-0.15, -0.1) is 0 Å². The predicted molar refractivity (Wildman–Crippen MR) is 117 cm³/mol. The molecule has 4 aliphatic rings. The highest BCUT2D eigenvalue weighted by atomic mass is 16.5. The van der Waals surface area contributed by atoms with Crippen molar-refractivity contribution in [2.24, 2.45) is 40.4 Å². The molecule has 0 radical (unpaired) electrons. The molecule has 7 atom stereocenters. The fourth-order valence-electron chi connectivity index (χ4n) is 7.73. The summed E-state index contributed by atoms with van der Waals surface area (Å²) in [5, 5.41) is 10.8. The van der Waals surface area contributed by atoms with Crippen molar-refractivity contribution in [2.45, 2.75) is 72.6 Å². The molecule has 0 aromatic heterocycles. The van der Waals surface area contributed by atoms with Crippen molar-refractivity contribution < 1.29 is 24.2 Å². The molecule has 3 fully saturated rings. The van der Waals surface area contributed by atoms with E-state index in [1.54, 1.807) is 6.08 Å². The average Bonchev–Trinajstić information content (AvgIpc) is 2.99. The molecular weight excluding hydrogens is 392 g/mol.